The van der Waals surface area contributed by atoms with Gasteiger partial charge in [0.05, 0.1) is 30.3 Å². The Labute approximate surface area is 234 Å². The lowest BCUT2D eigenvalue weighted by Crippen LogP contribution is -2.57. The van der Waals surface area contributed by atoms with Gasteiger partial charge in [0.15, 0.2) is 6.29 Å². The number of ketones is 1. The van der Waals surface area contributed by atoms with Crippen LogP contribution in [0.4, 0.5) is 0 Å². The number of ether oxygens (including phenoxy) is 3. The molecule has 0 saturated carbocycles. The highest BCUT2D eigenvalue weighted by Crippen LogP contribution is 2.35. The number of nitrogens with zero attached hydrogens (tertiary/aromatic N) is 1. The fourth-order valence-electron chi connectivity index (χ4n) is 6.35. The molecule has 2 saturated heterocycles. The Morgan fingerprint density at radius 2 is 1.56 bits per heavy atom. The lowest BCUT2D eigenvalue weighted by molar-refractivity contribution is -0.283. The van der Waals surface area contributed by atoms with E-state index >= 15 is 0 Å². The molecule has 2 aliphatic rings. The van der Waals surface area contributed by atoms with Crippen molar-refractivity contribution in [3.63, 3.8) is 0 Å². The number of rotatable bonds is 4. The lowest BCUT2D eigenvalue weighted by atomic mass is 9.75. The van der Waals surface area contributed by atoms with Gasteiger partial charge in [-0.15, -0.1) is 0 Å². The van der Waals surface area contributed by atoms with E-state index in [4.69, 9.17) is 14.2 Å². The summed E-state index contributed by atoms with van der Waals surface area (Å²) in [4.78, 5) is 28.5. The number of aliphatic hydroxyl groups is 4. The van der Waals surface area contributed by atoms with E-state index in [1.807, 2.05) is 32.8 Å². The summed E-state index contributed by atoms with van der Waals surface area (Å²) in [5, 5.41) is 44.6. The predicted octanol–water partition coefficient (Wildman–Crippen LogP) is 1.75. The molecule has 0 radical (unpaired) electrons. The predicted molar refractivity (Wildman–Crippen MR) is 146 cm³/mol. The van der Waals surface area contributed by atoms with Crippen LogP contribution in [0.2, 0.25) is 0 Å². The molecule has 10 heteroatoms. The number of carbonyl (C=O) groups excluding carboxylic acids is 2. The summed E-state index contributed by atoms with van der Waals surface area (Å²) >= 11 is 0. The van der Waals surface area contributed by atoms with Gasteiger partial charge in [0.25, 0.3) is 0 Å². The maximum atomic E-state index is 13.4. The van der Waals surface area contributed by atoms with E-state index in [2.05, 4.69) is 0 Å². The molecule has 10 nitrogen and oxygen atoms in total. The van der Waals surface area contributed by atoms with E-state index in [0.717, 1.165) is 0 Å². The fraction of sp³-hybridized carbons (Fsp3) is 0.931. The van der Waals surface area contributed by atoms with Crippen molar-refractivity contribution in [1.29, 1.82) is 0 Å². The Hall–Kier alpha value is -1.14. The minimum absolute atomic E-state index is 0.171. The largest absolute Gasteiger partial charge is 0.459 e. The van der Waals surface area contributed by atoms with Crippen LogP contribution in [0.5, 0.6) is 0 Å². The summed E-state index contributed by atoms with van der Waals surface area (Å²) in [6.07, 6.45) is -5.29. The van der Waals surface area contributed by atoms with Crippen molar-refractivity contribution < 1.29 is 44.2 Å². The molecule has 2 heterocycles. The van der Waals surface area contributed by atoms with Gasteiger partial charge in [-0.1, -0.05) is 34.6 Å². The molecular weight excluding hydrogens is 506 g/mol. The standard InChI is InChI=1S/C29H53NO9/c1-11-21-29(8,36)26(34)18(6)22(31)14(2)12-15(3)25(17(5)23(32)19(7)27(35)38-21)39-28-24(33)20(30(9)10)13-16(4)37-28/h14-21,23-26,28,32-34,36H,11-13H2,1-10H3/t14-,15+,16-,17+,18+,19-,20+,21?,23+,24-,25+,26-,28+,29-/m1/s1. The summed E-state index contributed by atoms with van der Waals surface area (Å²) in [6, 6.07) is -0.191. The zero-order valence-corrected chi connectivity index (χ0v) is 25.4. The molecule has 2 fully saturated rings. The number of esters is 1. The third-order valence-electron chi connectivity index (χ3n) is 9.08. The highest BCUT2D eigenvalue weighted by molar-refractivity contribution is 5.83. The monoisotopic (exact) mass is 559 g/mol. The molecule has 39 heavy (non-hydrogen) atoms. The van der Waals surface area contributed by atoms with E-state index in [-0.39, 0.29) is 30.3 Å². The maximum absolute atomic E-state index is 13.4. The first kappa shape index (κ1) is 34.1. The summed E-state index contributed by atoms with van der Waals surface area (Å²) in [6.45, 7) is 13.6. The summed E-state index contributed by atoms with van der Waals surface area (Å²) < 4.78 is 18.1. The molecule has 228 valence electrons. The molecule has 0 aliphatic carbocycles. The minimum Gasteiger partial charge on any atom is -0.459 e. The Bertz CT molecular complexity index is 821. The Balaban J connectivity index is 2.47. The van der Waals surface area contributed by atoms with Gasteiger partial charge in [-0.2, -0.15) is 0 Å². The van der Waals surface area contributed by atoms with Crippen molar-refractivity contribution in [2.24, 2.45) is 29.6 Å². The first-order chi connectivity index (χ1) is 17.9. The smallest absolute Gasteiger partial charge is 0.311 e. The molecular formula is C29H53NO9. The van der Waals surface area contributed by atoms with Gasteiger partial charge in [-0.05, 0) is 60.0 Å². The van der Waals surface area contributed by atoms with E-state index in [0.29, 0.717) is 12.8 Å². The maximum Gasteiger partial charge on any atom is 0.311 e. The van der Waals surface area contributed by atoms with E-state index in [1.54, 1.807) is 34.6 Å². The molecule has 0 aromatic carbocycles. The second-order valence-corrected chi connectivity index (χ2v) is 12.6. The minimum atomic E-state index is -1.87. The van der Waals surface area contributed by atoms with Gasteiger partial charge in [0.2, 0.25) is 0 Å². The second kappa shape index (κ2) is 13.7. The van der Waals surface area contributed by atoms with Crippen molar-refractivity contribution in [3.05, 3.63) is 0 Å². The molecule has 0 amide bonds. The molecule has 1 unspecified atom stereocenters. The zero-order valence-electron chi connectivity index (χ0n) is 25.4. The summed E-state index contributed by atoms with van der Waals surface area (Å²) in [5.41, 5.74) is -1.87. The van der Waals surface area contributed by atoms with Crippen molar-refractivity contribution in [2.45, 2.75) is 129 Å². The van der Waals surface area contributed by atoms with E-state index in [1.165, 1.54) is 6.92 Å². The Morgan fingerprint density at radius 3 is 2.10 bits per heavy atom. The van der Waals surface area contributed by atoms with E-state index < -0.39 is 72.1 Å². The summed E-state index contributed by atoms with van der Waals surface area (Å²) in [7, 11) is 3.77. The topological polar surface area (TPSA) is 146 Å². The molecule has 2 aliphatic heterocycles. The molecule has 0 bridgehead atoms. The Morgan fingerprint density at radius 1 is 0.974 bits per heavy atom. The third kappa shape index (κ3) is 7.58. The van der Waals surface area contributed by atoms with Crippen molar-refractivity contribution in [2.75, 3.05) is 14.1 Å². The highest BCUT2D eigenvalue weighted by Gasteiger charge is 2.48. The van der Waals surface area contributed by atoms with Gasteiger partial charge < -0.3 is 39.5 Å². The van der Waals surface area contributed by atoms with Crippen LogP contribution in [0.1, 0.15) is 74.7 Å². The average Bonchev–Trinajstić information content (AvgIpc) is 2.87. The molecule has 0 spiro atoms. The van der Waals surface area contributed by atoms with Gasteiger partial charge >= 0.3 is 5.97 Å². The molecule has 2 rings (SSSR count). The lowest BCUT2D eigenvalue weighted by Gasteiger charge is -2.45. The number of aliphatic hydroxyl groups excluding tert-OH is 3. The van der Waals surface area contributed by atoms with Crippen molar-refractivity contribution in [1.82, 2.24) is 4.90 Å². The van der Waals surface area contributed by atoms with E-state index in [9.17, 15) is 30.0 Å². The summed E-state index contributed by atoms with van der Waals surface area (Å²) in [5.74, 6) is -4.22. The normalized spacial score (nSPS) is 47.5. The number of cyclic esters (lactones) is 1. The quantitative estimate of drug-likeness (QED) is 0.376. The van der Waals surface area contributed by atoms with Crippen LogP contribution in [0.3, 0.4) is 0 Å². The van der Waals surface area contributed by atoms with Crippen LogP contribution in [0.25, 0.3) is 0 Å². The molecule has 14 atom stereocenters. The molecule has 4 N–H and O–H groups in total. The average molecular weight is 560 g/mol. The molecule has 0 aromatic heterocycles. The van der Waals surface area contributed by atoms with Crippen LogP contribution in [0, 0.1) is 29.6 Å². The van der Waals surface area contributed by atoms with Crippen molar-refractivity contribution >= 4 is 11.8 Å². The van der Waals surface area contributed by atoms with Crippen LogP contribution in [-0.4, -0.2) is 106 Å². The van der Waals surface area contributed by atoms with Gasteiger partial charge in [-0.25, -0.2) is 0 Å². The number of carbonyl (C=O) groups is 2. The van der Waals surface area contributed by atoms with Gasteiger partial charge in [-0.3, -0.25) is 9.59 Å². The second-order valence-electron chi connectivity index (χ2n) is 12.6. The van der Waals surface area contributed by atoms with Crippen LogP contribution in [-0.2, 0) is 23.8 Å². The zero-order chi connectivity index (χ0) is 30.0. The van der Waals surface area contributed by atoms with Crippen molar-refractivity contribution in [3.8, 4) is 0 Å². The number of likely N-dealkylation sites (N-methyl/N-ethyl adjacent to an activating group) is 1. The molecule has 0 aromatic rings. The Kier molecular flexibility index (Phi) is 11.9. The number of Topliss-reactive ketones (excluding diaryl/α,β-unsaturated/α-hetero) is 1. The van der Waals surface area contributed by atoms with Gasteiger partial charge in [0.1, 0.15) is 23.6 Å². The van der Waals surface area contributed by atoms with Crippen LogP contribution >= 0.6 is 0 Å². The number of hydrogen-bond donors (Lipinski definition) is 4. The fourth-order valence-corrected chi connectivity index (χ4v) is 6.35. The number of hydrogen-bond acceptors (Lipinski definition) is 10. The first-order valence-electron chi connectivity index (χ1n) is 14.4. The highest BCUT2D eigenvalue weighted by atomic mass is 16.7. The SMILES string of the molecule is CCC1OC(=O)[C@H](C)[C@@H](O)[C@H](C)[C@@H](O[C@@H]2O[C@H](C)C[C@H](N(C)C)[C@H]2O)[C@@H](C)C[C@@H](C)C(=O)[C@H](C)[C@@H](O)[C@]1(C)O. The van der Waals surface area contributed by atoms with Crippen LogP contribution < -0.4 is 0 Å². The third-order valence-corrected chi connectivity index (χ3v) is 9.08. The first-order valence-corrected chi connectivity index (χ1v) is 14.4. The van der Waals surface area contributed by atoms with Crippen LogP contribution in [0.15, 0.2) is 0 Å². The van der Waals surface area contributed by atoms with Gasteiger partial charge in [0, 0.05) is 23.8 Å².